The predicted molar refractivity (Wildman–Crippen MR) is 106 cm³/mol. The van der Waals surface area contributed by atoms with Gasteiger partial charge in [0, 0.05) is 13.0 Å². The number of thiazole rings is 1. The minimum atomic E-state index is -3.91. The van der Waals surface area contributed by atoms with Gasteiger partial charge in [-0.2, -0.15) is 0 Å². The van der Waals surface area contributed by atoms with E-state index in [1.54, 1.807) is 24.3 Å². The summed E-state index contributed by atoms with van der Waals surface area (Å²) >= 11 is 1.04. The maximum absolute atomic E-state index is 13.0. The lowest BCUT2D eigenvalue weighted by Crippen LogP contribution is -2.15. The van der Waals surface area contributed by atoms with Gasteiger partial charge in [-0.15, -0.1) is 11.3 Å². The summed E-state index contributed by atoms with van der Waals surface area (Å²) in [6.07, 6.45) is 0. The Kier molecular flexibility index (Phi) is 5.85. The number of aromatic nitrogens is 1. The van der Waals surface area contributed by atoms with Crippen LogP contribution in [0.4, 0.5) is 0 Å². The Hall–Kier alpha value is -2.98. The fourth-order valence-corrected chi connectivity index (χ4v) is 5.35. The van der Waals surface area contributed by atoms with Crippen LogP contribution in [0.3, 0.4) is 0 Å². The number of fused-ring (bicyclic) bond motifs is 1. The average Bonchev–Trinajstić information content (AvgIpc) is 3.11. The van der Waals surface area contributed by atoms with E-state index in [0.717, 1.165) is 30.1 Å². The molecule has 10 heteroatoms. The molecule has 0 unspecified atom stereocenters. The van der Waals surface area contributed by atoms with E-state index in [2.05, 4.69) is 4.98 Å². The highest BCUT2D eigenvalue weighted by molar-refractivity contribution is 7.92. The number of carbonyl (C=O) groups is 2. The van der Waals surface area contributed by atoms with Crippen molar-refractivity contribution in [2.24, 2.45) is 0 Å². The largest absolute Gasteiger partial charge is 0.497 e. The zero-order valence-corrected chi connectivity index (χ0v) is 17.4. The molecule has 0 N–H and O–H groups in total. The van der Waals surface area contributed by atoms with Crippen LogP contribution < -0.4 is 9.47 Å². The van der Waals surface area contributed by atoms with Gasteiger partial charge in [-0.3, -0.25) is 4.79 Å². The third-order valence-corrected chi connectivity index (χ3v) is 7.08. The Morgan fingerprint density at radius 3 is 2.48 bits per heavy atom. The lowest BCUT2D eigenvalue weighted by molar-refractivity contribution is -0.131. The van der Waals surface area contributed by atoms with Crippen molar-refractivity contribution in [3.8, 4) is 11.5 Å². The molecule has 0 saturated heterocycles. The molecule has 0 radical (unpaired) electrons. The van der Waals surface area contributed by atoms with Crippen LogP contribution in [0.25, 0.3) is 10.2 Å². The quantitative estimate of drug-likeness (QED) is 0.429. The first kappa shape index (κ1) is 20.7. The summed E-state index contributed by atoms with van der Waals surface area (Å²) in [5, 5.41) is 0. The van der Waals surface area contributed by atoms with Gasteiger partial charge in [0.25, 0.3) is 0 Å². The third-order valence-electron chi connectivity index (χ3n) is 3.92. The molecule has 152 valence electrons. The zero-order valence-electron chi connectivity index (χ0n) is 15.8. The number of ether oxygens (including phenoxy) is 3. The van der Waals surface area contributed by atoms with E-state index >= 15 is 0 Å². The highest BCUT2D eigenvalue weighted by Gasteiger charge is 2.27. The maximum atomic E-state index is 13.0. The number of benzene rings is 2. The Balaban J connectivity index is 2.12. The van der Waals surface area contributed by atoms with Crippen molar-refractivity contribution in [3.63, 3.8) is 0 Å². The van der Waals surface area contributed by atoms with Crippen molar-refractivity contribution in [2.75, 3.05) is 14.2 Å². The lowest BCUT2D eigenvalue weighted by atomic mass is 10.1. The van der Waals surface area contributed by atoms with Gasteiger partial charge < -0.3 is 14.2 Å². The first-order valence-corrected chi connectivity index (χ1v) is 10.8. The van der Waals surface area contributed by atoms with Gasteiger partial charge in [-0.25, -0.2) is 18.2 Å². The second-order valence-corrected chi connectivity index (χ2v) is 9.15. The van der Waals surface area contributed by atoms with E-state index in [1.165, 1.54) is 19.2 Å². The number of hydrogen-bond donors (Lipinski definition) is 0. The zero-order chi connectivity index (χ0) is 21.2. The summed E-state index contributed by atoms with van der Waals surface area (Å²) in [6.45, 7) is 1.16. The first-order chi connectivity index (χ1) is 13.7. The van der Waals surface area contributed by atoms with Crippen LogP contribution in [0.2, 0.25) is 0 Å². The molecule has 3 aromatic rings. The number of sulfone groups is 1. The molecule has 1 aromatic heterocycles. The van der Waals surface area contributed by atoms with E-state index in [0.29, 0.717) is 5.52 Å². The summed E-state index contributed by atoms with van der Waals surface area (Å²) in [6, 6.07) is 9.76. The van der Waals surface area contributed by atoms with Crippen molar-refractivity contribution in [1.29, 1.82) is 0 Å². The average molecular weight is 435 g/mol. The fraction of sp³-hybridized carbons (Fsp3) is 0.211. The van der Waals surface area contributed by atoms with Gasteiger partial charge in [-0.05, 0) is 23.8 Å². The molecule has 0 aliphatic rings. The molecular weight excluding hydrogens is 418 g/mol. The Bertz CT molecular complexity index is 1170. The third kappa shape index (κ3) is 4.38. The van der Waals surface area contributed by atoms with Crippen molar-refractivity contribution in [1.82, 2.24) is 4.98 Å². The Labute approximate surface area is 171 Å². The Morgan fingerprint density at radius 1 is 1.14 bits per heavy atom. The molecule has 3 rings (SSSR count). The molecule has 0 aliphatic heterocycles. The Morgan fingerprint density at radius 2 is 1.86 bits per heavy atom. The first-order valence-electron chi connectivity index (χ1n) is 8.31. The highest BCUT2D eigenvalue weighted by Crippen LogP contribution is 2.34. The van der Waals surface area contributed by atoms with Crippen molar-refractivity contribution in [2.45, 2.75) is 17.0 Å². The molecule has 0 spiro atoms. The number of para-hydroxylation sites is 1. The van der Waals surface area contributed by atoms with Crippen LogP contribution in [0.15, 0.2) is 40.7 Å². The molecule has 0 amide bonds. The second kappa shape index (κ2) is 8.18. The maximum Gasteiger partial charge on any atom is 0.341 e. The minimum Gasteiger partial charge on any atom is -0.497 e. The minimum absolute atomic E-state index is 0.0757. The topological polar surface area (TPSA) is 109 Å². The molecule has 0 fully saturated rings. The van der Waals surface area contributed by atoms with Gasteiger partial charge in [0.05, 0.1) is 30.2 Å². The number of hydrogen-bond acceptors (Lipinski definition) is 9. The predicted octanol–water partition coefficient (Wildman–Crippen LogP) is 2.99. The molecular formula is C19H17NO7S2. The van der Waals surface area contributed by atoms with E-state index in [1.807, 2.05) is 0 Å². The van der Waals surface area contributed by atoms with Gasteiger partial charge in [-0.1, -0.05) is 12.1 Å². The molecule has 0 saturated carbocycles. The standard InChI is InChI=1S/C19H17NO7S2/c1-11(21)27-15-9-13(25-2)8-12(17(15)18(22)26-3)10-29(23,24)19-20-14-6-4-5-7-16(14)28-19/h4-9H,10H2,1-3H3. The molecule has 2 aromatic carbocycles. The molecule has 0 bridgehead atoms. The van der Waals surface area contributed by atoms with Crippen molar-refractivity contribution < 1.29 is 32.2 Å². The van der Waals surface area contributed by atoms with Crippen molar-refractivity contribution >= 4 is 43.3 Å². The van der Waals surface area contributed by atoms with Crippen LogP contribution in [0, 0.1) is 0 Å². The van der Waals surface area contributed by atoms with Gasteiger partial charge in [0.15, 0.2) is 0 Å². The normalized spacial score (nSPS) is 11.3. The van der Waals surface area contributed by atoms with Crippen LogP contribution in [0.5, 0.6) is 11.5 Å². The molecule has 8 nitrogen and oxygen atoms in total. The summed E-state index contributed by atoms with van der Waals surface area (Å²) in [7, 11) is -1.39. The van der Waals surface area contributed by atoms with E-state index in [4.69, 9.17) is 14.2 Å². The number of nitrogens with zero attached hydrogens (tertiary/aromatic N) is 1. The van der Waals surface area contributed by atoms with Gasteiger partial charge in [0.1, 0.15) is 17.1 Å². The highest BCUT2D eigenvalue weighted by atomic mass is 32.2. The van der Waals surface area contributed by atoms with E-state index < -0.39 is 27.5 Å². The smallest absolute Gasteiger partial charge is 0.341 e. The number of rotatable bonds is 6. The van der Waals surface area contributed by atoms with E-state index in [9.17, 15) is 18.0 Å². The summed E-state index contributed by atoms with van der Waals surface area (Å²) in [5.74, 6) is -1.98. The fourth-order valence-electron chi connectivity index (χ4n) is 2.70. The summed E-state index contributed by atoms with van der Waals surface area (Å²) in [5.41, 5.74) is 0.482. The van der Waals surface area contributed by atoms with Crippen LogP contribution >= 0.6 is 11.3 Å². The monoisotopic (exact) mass is 435 g/mol. The molecule has 0 aliphatic carbocycles. The van der Waals surface area contributed by atoms with Gasteiger partial charge >= 0.3 is 11.9 Å². The molecule has 29 heavy (non-hydrogen) atoms. The lowest BCUT2D eigenvalue weighted by Gasteiger charge is -2.14. The summed E-state index contributed by atoms with van der Waals surface area (Å²) in [4.78, 5) is 28.0. The SMILES string of the molecule is COC(=O)c1c(CS(=O)(=O)c2nc3ccccc3s2)cc(OC)cc1OC(C)=O. The van der Waals surface area contributed by atoms with Crippen LogP contribution in [-0.4, -0.2) is 39.6 Å². The number of methoxy groups -OCH3 is 2. The molecule has 1 heterocycles. The molecule has 0 atom stereocenters. The van der Waals surface area contributed by atoms with Crippen molar-refractivity contribution in [3.05, 3.63) is 47.5 Å². The van der Waals surface area contributed by atoms with E-state index in [-0.39, 0.29) is 27.0 Å². The number of esters is 2. The van der Waals surface area contributed by atoms with Crippen LogP contribution in [-0.2, 0) is 25.1 Å². The second-order valence-electron chi connectivity index (χ2n) is 5.95. The van der Waals surface area contributed by atoms with Crippen LogP contribution in [0.1, 0.15) is 22.8 Å². The van der Waals surface area contributed by atoms with Gasteiger partial charge in [0.2, 0.25) is 14.2 Å². The number of carbonyl (C=O) groups excluding carboxylic acids is 2. The summed E-state index contributed by atoms with van der Waals surface area (Å²) < 4.78 is 41.7.